The number of nitrogens with zero attached hydrogens (tertiary/aromatic N) is 2. The van der Waals surface area contributed by atoms with E-state index < -0.39 is 40.4 Å². The molecule has 2 heterocycles. The van der Waals surface area contributed by atoms with Gasteiger partial charge in [0.1, 0.15) is 18.9 Å². The molecule has 1 aliphatic heterocycles. The van der Waals surface area contributed by atoms with Crippen molar-refractivity contribution in [2.45, 2.75) is 38.7 Å². The molecule has 116 valence electrons. The van der Waals surface area contributed by atoms with Crippen LogP contribution in [0.5, 0.6) is 0 Å². The van der Waals surface area contributed by atoms with Gasteiger partial charge in [-0.1, -0.05) is 9.27 Å². The molecule has 8 nitrogen and oxygen atoms in total. The summed E-state index contributed by atoms with van der Waals surface area (Å²) in [7, 11) is 0. The van der Waals surface area contributed by atoms with Crippen molar-refractivity contribution in [3.05, 3.63) is 32.6 Å². The van der Waals surface area contributed by atoms with Gasteiger partial charge < -0.3 is 14.6 Å². The molecule has 1 saturated heterocycles. The Morgan fingerprint density at radius 3 is 2.86 bits per heavy atom. The third kappa shape index (κ3) is 3.03. The lowest BCUT2D eigenvalue weighted by Crippen LogP contribution is -2.38. The number of aliphatic hydroxyl groups excluding tert-OH is 1. The van der Waals surface area contributed by atoms with Crippen molar-refractivity contribution in [3.8, 4) is 0 Å². The first-order valence-electron chi connectivity index (χ1n) is 6.29. The molecule has 0 saturated carbocycles. The standard InChI is InChI=1S/C12H15FN2O6/c1-6-4-14(12(19)15(13)11(6)18)10-3-8(17)9(21-10)5-20-7(2)16/h4,8-10,17H,3,5H2,1-2H3/t8?,9-,10-/m1/s1. The Hall–Kier alpha value is -2.00. The number of aliphatic hydroxyl groups is 1. The van der Waals surface area contributed by atoms with E-state index in [1.54, 1.807) is 0 Å². The molecule has 1 aliphatic rings. The van der Waals surface area contributed by atoms with Crippen LogP contribution in [0.4, 0.5) is 4.48 Å². The number of carbonyl (C=O) groups is 1. The van der Waals surface area contributed by atoms with Gasteiger partial charge in [-0.15, -0.1) is 0 Å². The highest BCUT2D eigenvalue weighted by Gasteiger charge is 2.36. The van der Waals surface area contributed by atoms with Crippen molar-refractivity contribution in [1.82, 2.24) is 9.36 Å². The number of aryl methyl sites for hydroxylation is 1. The van der Waals surface area contributed by atoms with E-state index in [9.17, 15) is 24.0 Å². The maximum atomic E-state index is 13.4. The van der Waals surface area contributed by atoms with Crippen molar-refractivity contribution < 1.29 is 23.9 Å². The summed E-state index contributed by atoms with van der Waals surface area (Å²) in [5, 5.41) is 9.82. The number of rotatable bonds is 3. The zero-order chi connectivity index (χ0) is 15.7. The fourth-order valence-corrected chi connectivity index (χ4v) is 2.10. The molecule has 0 spiro atoms. The predicted molar refractivity (Wildman–Crippen MR) is 67.4 cm³/mol. The highest BCUT2D eigenvalue weighted by atomic mass is 19.2. The summed E-state index contributed by atoms with van der Waals surface area (Å²) in [6, 6.07) is 0. The Labute approximate surface area is 118 Å². The number of aromatic nitrogens is 2. The van der Waals surface area contributed by atoms with E-state index in [4.69, 9.17) is 9.47 Å². The zero-order valence-electron chi connectivity index (χ0n) is 11.5. The van der Waals surface area contributed by atoms with Crippen molar-refractivity contribution in [2.75, 3.05) is 6.61 Å². The number of carbonyl (C=O) groups excluding carboxylic acids is 1. The highest BCUT2D eigenvalue weighted by molar-refractivity contribution is 5.65. The number of halogens is 1. The van der Waals surface area contributed by atoms with Crippen LogP contribution in [0, 0.1) is 6.92 Å². The lowest BCUT2D eigenvalue weighted by Gasteiger charge is -2.16. The minimum atomic E-state index is -1.18. The van der Waals surface area contributed by atoms with Gasteiger partial charge in [0, 0.05) is 25.1 Å². The second-order valence-electron chi connectivity index (χ2n) is 4.82. The number of hydrogen-bond acceptors (Lipinski definition) is 6. The first kappa shape index (κ1) is 15.4. The molecule has 1 aromatic rings. The maximum absolute atomic E-state index is 13.4. The molecule has 0 aromatic carbocycles. The molecular formula is C12H15FN2O6. The smallest absolute Gasteiger partial charge is 0.362 e. The molecule has 0 amide bonds. The van der Waals surface area contributed by atoms with Crippen molar-refractivity contribution in [3.63, 3.8) is 0 Å². The predicted octanol–water partition coefficient (Wildman–Crippen LogP) is -0.737. The Balaban J connectivity index is 2.23. The van der Waals surface area contributed by atoms with Crippen molar-refractivity contribution in [1.29, 1.82) is 0 Å². The Morgan fingerprint density at radius 2 is 2.24 bits per heavy atom. The fourth-order valence-electron chi connectivity index (χ4n) is 2.10. The van der Waals surface area contributed by atoms with Gasteiger partial charge in [-0.25, -0.2) is 4.79 Å². The quantitative estimate of drug-likeness (QED) is 0.738. The minimum Gasteiger partial charge on any atom is -0.463 e. The Kier molecular flexibility index (Phi) is 4.24. The van der Waals surface area contributed by atoms with Crippen LogP contribution in [-0.4, -0.2) is 39.2 Å². The van der Waals surface area contributed by atoms with Gasteiger partial charge >= 0.3 is 11.7 Å². The van der Waals surface area contributed by atoms with Crippen LogP contribution >= 0.6 is 0 Å². The lowest BCUT2D eigenvalue weighted by atomic mass is 10.2. The average Bonchev–Trinajstić information content (AvgIpc) is 2.79. The third-order valence-electron chi connectivity index (χ3n) is 3.20. The maximum Gasteiger partial charge on any atom is 0.362 e. The third-order valence-corrected chi connectivity index (χ3v) is 3.20. The van der Waals surface area contributed by atoms with Gasteiger partial charge in [0.15, 0.2) is 0 Å². The lowest BCUT2D eigenvalue weighted by molar-refractivity contribution is -0.147. The summed E-state index contributed by atoms with van der Waals surface area (Å²) in [5.74, 6) is -0.528. The monoisotopic (exact) mass is 302 g/mol. The normalized spacial score (nSPS) is 25.0. The topological polar surface area (TPSA) is 99.8 Å². The summed E-state index contributed by atoms with van der Waals surface area (Å²) < 4.78 is 24.5. The molecule has 1 N–H and O–H groups in total. The van der Waals surface area contributed by atoms with Gasteiger partial charge in [-0.3, -0.25) is 14.2 Å². The van der Waals surface area contributed by atoms with Crippen molar-refractivity contribution >= 4 is 5.97 Å². The molecule has 2 rings (SSSR count). The molecule has 21 heavy (non-hydrogen) atoms. The average molecular weight is 302 g/mol. The second-order valence-corrected chi connectivity index (χ2v) is 4.82. The highest BCUT2D eigenvalue weighted by Crippen LogP contribution is 2.27. The number of ether oxygens (including phenoxy) is 2. The van der Waals surface area contributed by atoms with Gasteiger partial charge in [-0.2, -0.15) is 0 Å². The molecule has 1 fully saturated rings. The van der Waals surface area contributed by atoms with E-state index in [1.165, 1.54) is 20.0 Å². The second kappa shape index (κ2) is 5.78. The van der Waals surface area contributed by atoms with Crippen LogP contribution in [0.2, 0.25) is 0 Å². The van der Waals surface area contributed by atoms with Gasteiger partial charge in [0.25, 0.3) is 5.56 Å². The van der Waals surface area contributed by atoms with Crippen LogP contribution < -0.4 is 11.2 Å². The molecule has 1 aromatic heterocycles. The summed E-state index contributed by atoms with van der Waals surface area (Å²) in [5.41, 5.74) is -2.19. The summed E-state index contributed by atoms with van der Waals surface area (Å²) in [6.45, 7) is 2.40. The number of esters is 1. The SMILES string of the molecule is CC(=O)OC[C@H]1O[C@@H](n2cc(C)c(=O)n(F)c2=O)CC1O. The fraction of sp³-hybridized carbons (Fsp3) is 0.583. The number of hydrogen-bond donors (Lipinski definition) is 1. The molecule has 0 radical (unpaired) electrons. The molecular weight excluding hydrogens is 287 g/mol. The molecule has 9 heteroatoms. The van der Waals surface area contributed by atoms with Gasteiger partial charge in [-0.05, 0) is 6.92 Å². The van der Waals surface area contributed by atoms with Crippen LogP contribution in [0.15, 0.2) is 15.8 Å². The van der Waals surface area contributed by atoms with Crippen molar-refractivity contribution in [2.24, 2.45) is 0 Å². The van der Waals surface area contributed by atoms with E-state index in [2.05, 4.69) is 0 Å². The summed E-state index contributed by atoms with van der Waals surface area (Å²) in [6.07, 6.45) is -1.53. The molecule has 3 atom stereocenters. The van der Waals surface area contributed by atoms with E-state index in [0.29, 0.717) is 0 Å². The largest absolute Gasteiger partial charge is 0.463 e. The zero-order valence-corrected chi connectivity index (χ0v) is 11.5. The van der Waals surface area contributed by atoms with E-state index >= 15 is 0 Å². The summed E-state index contributed by atoms with van der Waals surface area (Å²) >= 11 is 0. The molecule has 1 unspecified atom stereocenters. The van der Waals surface area contributed by atoms with Crippen LogP contribution in [0.3, 0.4) is 0 Å². The van der Waals surface area contributed by atoms with Gasteiger partial charge in [0.2, 0.25) is 0 Å². The summed E-state index contributed by atoms with van der Waals surface area (Å²) in [4.78, 5) is 33.2. The minimum absolute atomic E-state index is 0.0173. The van der Waals surface area contributed by atoms with Crippen LogP contribution in [0.25, 0.3) is 0 Å². The van der Waals surface area contributed by atoms with E-state index in [-0.39, 0.29) is 18.6 Å². The molecule has 0 bridgehead atoms. The van der Waals surface area contributed by atoms with E-state index in [1.807, 2.05) is 0 Å². The van der Waals surface area contributed by atoms with Crippen LogP contribution in [0.1, 0.15) is 25.1 Å². The Morgan fingerprint density at radius 1 is 1.57 bits per heavy atom. The first-order chi connectivity index (χ1) is 9.81. The van der Waals surface area contributed by atoms with Crippen LogP contribution in [-0.2, 0) is 14.3 Å². The van der Waals surface area contributed by atoms with Gasteiger partial charge in [0.05, 0.1) is 6.10 Å². The molecule has 0 aliphatic carbocycles. The van der Waals surface area contributed by atoms with E-state index in [0.717, 1.165) is 4.57 Å². The Bertz CT molecular complexity index is 667. The first-order valence-corrected chi connectivity index (χ1v) is 6.29.